The molecule has 0 spiro atoms. The smallest absolute Gasteiger partial charge is 0.426 e. The van der Waals surface area contributed by atoms with E-state index in [-0.39, 0.29) is 0 Å². The molecular weight excluding hydrogens is 470 g/mol. The lowest BCUT2D eigenvalue weighted by molar-refractivity contribution is -0.335. The summed E-state index contributed by atoms with van der Waals surface area (Å²) in [6, 6.07) is -1.67. The van der Waals surface area contributed by atoms with Gasteiger partial charge in [-0.25, -0.2) is 14.2 Å². The van der Waals surface area contributed by atoms with E-state index in [0.29, 0.717) is 0 Å². The number of hydrogen-bond donors (Lipinski definition) is 8. The molecule has 2 heterocycles. The minimum atomic E-state index is -5.16. The van der Waals surface area contributed by atoms with Gasteiger partial charge in [-0.05, 0) is 0 Å². The standard InChI is InChI=1S/C14H23NO16S/c1-3(17)15-5-10(9(30-32(25,26)31-24)4(2-16)27-13(5)23)28-14-8(20)6(18)7(19)11(29-14)12(21)22/h4-11,13-14,16,18-20,23-24H,2H2,1H3,(H,15,17)(H,21,22). The zero-order chi connectivity index (χ0) is 24.4. The van der Waals surface area contributed by atoms with E-state index in [1.54, 1.807) is 0 Å². The first-order valence-corrected chi connectivity index (χ1v) is 10.2. The molecule has 0 aromatic heterocycles. The Hall–Kier alpha value is -1.55. The van der Waals surface area contributed by atoms with Gasteiger partial charge in [-0.2, -0.15) is 8.42 Å². The van der Waals surface area contributed by atoms with Crippen LogP contribution in [0.4, 0.5) is 0 Å². The molecule has 0 bridgehead atoms. The zero-order valence-corrected chi connectivity index (χ0v) is 17.0. The third kappa shape index (κ3) is 5.87. The van der Waals surface area contributed by atoms with E-state index in [2.05, 4.69) is 13.8 Å². The van der Waals surface area contributed by atoms with Gasteiger partial charge < -0.3 is 50.2 Å². The van der Waals surface area contributed by atoms with Crippen molar-refractivity contribution in [3.8, 4) is 0 Å². The van der Waals surface area contributed by atoms with E-state index in [4.69, 9.17) is 24.6 Å². The maximum absolute atomic E-state index is 11.6. The number of carbonyl (C=O) groups excluding carboxylic acids is 1. The fourth-order valence-electron chi connectivity index (χ4n) is 3.21. The molecule has 2 rings (SSSR count). The fraction of sp³-hybridized carbons (Fsp3) is 0.857. The highest BCUT2D eigenvalue weighted by Gasteiger charge is 2.54. The van der Waals surface area contributed by atoms with Crippen LogP contribution in [0.1, 0.15) is 6.92 Å². The molecule has 10 atom stereocenters. The third-order valence-electron chi connectivity index (χ3n) is 4.64. The summed E-state index contributed by atoms with van der Waals surface area (Å²) in [7, 11) is -5.16. The lowest BCUT2D eigenvalue weighted by atomic mass is 9.95. The van der Waals surface area contributed by atoms with E-state index < -0.39 is 90.2 Å². The molecule has 32 heavy (non-hydrogen) atoms. The fourth-order valence-corrected chi connectivity index (χ4v) is 3.75. The van der Waals surface area contributed by atoms with Crippen LogP contribution in [0.5, 0.6) is 0 Å². The number of hydrogen-bond acceptors (Lipinski definition) is 15. The SMILES string of the molecule is CC(=O)NC1C(O)OC(CO)C(OS(=O)(=O)OO)C1OC1OC(C(=O)O)C(O)C(O)C1O. The topological polar surface area (TPSA) is 268 Å². The Morgan fingerprint density at radius 2 is 1.66 bits per heavy atom. The van der Waals surface area contributed by atoms with Gasteiger partial charge in [0.15, 0.2) is 18.7 Å². The van der Waals surface area contributed by atoms with E-state index in [1.165, 1.54) is 0 Å². The average Bonchev–Trinajstić information content (AvgIpc) is 2.71. The van der Waals surface area contributed by atoms with Crippen molar-refractivity contribution in [1.29, 1.82) is 0 Å². The molecule has 0 radical (unpaired) electrons. The molecule has 10 unspecified atom stereocenters. The van der Waals surface area contributed by atoms with E-state index in [1.807, 2.05) is 0 Å². The van der Waals surface area contributed by atoms with Gasteiger partial charge in [0, 0.05) is 6.92 Å². The molecule has 17 nitrogen and oxygen atoms in total. The first-order valence-electron chi connectivity index (χ1n) is 8.88. The summed E-state index contributed by atoms with van der Waals surface area (Å²) in [5, 5.41) is 69.3. The number of aliphatic hydroxyl groups excluding tert-OH is 5. The molecule has 0 aromatic rings. The Morgan fingerprint density at radius 3 is 2.16 bits per heavy atom. The molecule has 0 saturated carbocycles. The molecule has 2 aliphatic heterocycles. The van der Waals surface area contributed by atoms with E-state index in [9.17, 15) is 43.5 Å². The number of carboxylic acids is 1. The van der Waals surface area contributed by atoms with E-state index >= 15 is 0 Å². The van der Waals surface area contributed by atoms with Crippen molar-refractivity contribution in [2.75, 3.05) is 6.61 Å². The van der Waals surface area contributed by atoms with Gasteiger partial charge in [-0.1, -0.05) is 4.33 Å². The van der Waals surface area contributed by atoms with Crippen LogP contribution in [0.25, 0.3) is 0 Å². The lowest BCUT2D eigenvalue weighted by Gasteiger charge is -2.46. The van der Waals surface area contributed by atoms with Crippen LogP contribution >= 0.6 is 0 Å². The highest BCUT2D eigenvalue weighted by atomic mass is 32.3. The number of aliphatic carboxylic acids is 1. The molecule has 186 valence electrons. The molecule has 1 amide bonds. The van der Waals surface area contributed by atoms with Crippen molar-refractivity contribution in [1.82, 2.24) is 5.32 Å². The van der Waals surface area contributed by atoms with Crippen LogP contribution in [-0.4, -0.2) is 124 Å². The van der Waals surface area contributed by atoms with Crippen molar-refractivity contribution < 1.29 is 76.6 Å². The number of rotatable bonds is 8. The van der Waals surface area contributed by atoms with Gasteiger partial charge in [0.2, 0.25) is 5.91 Å². The predicted molar refractivity (Wildman–Crippen MR) is 92.3 cm³/mol. The van der Waals surface area contributed by atoms with Crippen molar-refractivity contribution in [2.45, 2.75) is 68.3 Å². The molecule has 2 aliphatic rings. The van der Waals surface area contributed by atoms with Crippen LogP contribution in [-0.2, 0) is 42.7 Å². The number of nitrogens with one attached hydrogen (secondary N) is 1. The molecule has 8 N–H and O–H groups in total. The first kappa shape index (κ1) is 26.7. The molecule has 2 saturated heterocycles. The monoisotopic (exact) mass is 493 g/mol. The largest absolute Gasteiger partial charge is 0.479 e. The van der Waals surface area contributed by atoms with Crippen LogP contribution < -0.4 is 5.32 Å². The Balaban J connectivity index is 2.44. The first-order chi connectivity index (χ1) is 14.8. The van der Waals surface area contributed by atoms with Crippen LogP contribution in [0.3, 0.4) is 0 Å². The number of aliphatic hydroxyl groups is 5. The summed E-state index contributed by atoms with van der Waals surface area (Å²) >= 11 is 0. The van der Waals surface area contributed by atoms with Crippen molar-refractivity contribution >= 4 is 22.3 Å². The van der Waals surface area contributed by atoms with Gasteiger partial charge in [-0.15, -0.1) is 0 Å². The Morgan fingerprint density at radius 1 is 1.03 bits per heavy atom. The maximum Gasteiger partial charge on any atom is 0.426 e. The zero-order valence-electron chi connectivity index (χ0n) is 16.2. The summed E-state index contributed by atoms with van der Waals surface area (Å²) in [5.74, 6) is -2.54. The highest BCUT2D eigenvalue weighted by molar-refractivity contribution is 7.81. The molecular formula is C14H23NO16S. The molecule has 2 fully saturated rings. The molecule has 0 aromatic carbocycles. The quantitative estimate of drug-likeness (QED) is 0.116. The Kier molecular flexibility index (Phi) is 8.83. The normalized spacial score (nSPS) is 40.6. The highest BCUT2D eigenvalue weighted by Crippen LogP contribution is 2.31. The second-order valence-corrected chi connectivity index (χ2v) is 8.01. The third-order valence-corrected chi connectivity index (χ3v) is 5.28. The number of ether oxygens (including phenoxy) is 3. The number of amides is 1. The Bertz CT molecular complexity index is 777. The average molecular weight is 493 g/mol. The van der Waals surface area contributed by atoms with Crippen LogP contribution in [0.15, 0.2) is 0 Å². The second-order valence-electron chi connectivity index (χ2n) is 6.85. The number of carboxylic acid groups (broad SMARTS) is 1. The van der Waals surface area contributed by atoms with Gasteiger partial charge >= 0.3 is 16.4 Å². The Labute approximate surface area is 179 Å². The van der Waals surface area contributed by atoms with Gasteiger partial charge in [0.05, 0.1) is 6.61 Å². The molecule has 18 heteroatoms. The van der Waals surface area contributed by atoms with Gasteiger partial charge in [0.1, 0.15) is 42.7 Å². The minimum absolute atomic E-state index is 0.794. The maximum atomic E-state index is 11.6. The summed E-state index contributed by atoms with van der Waals surface area (Å²) in [6.07, 6.45) is -18.0. The second kappa shape index (κ2) is 10.6. The van der Waals surface area contributed by atoms with Crippen molar-refractivity contribution in [3.05, 3.63) is 0 Å². The predicted octanol–water partition coefficient (Wildman–Crippen LogP) is -5.40. The van der Waals surface area contributed by atoms with Gasteiger partial charge in [-0.3, -0.25) is 4.79 Å². The summed E-state index contributed by atoms with van der Waals surface area (Å²) in [5.41, 5.74) is 0. The molecule has 0 aliphatic carbocycles. The van der Waals surface area contributed by atoms with Crippen molar-refractivity contribution in [2.24, 2.45) is 0 Å². The summed E-state index contributed by atoms with van der Waals surface area (Å²) in [4.78, 5) is 22.8. The summed E-state index contributed by atoms with van der Waals surface area (Å²) < 4.78 is 46.3. The van der Waals surface area contributed by atoms with Crippen LogP contribution in [0.2, 0.25) is 0 Å². The minimum Gasteiger partial charge on any atom is -0.479 e. The van der Waals surface area contributed by atoms with E-state index in [0.717, 1.165) is 6.92 Å². The van der Waals surface area contributed by atoms with Crippen LogP contribution in [0, 0.1) is 0 Å². The number of carbonyl (C=O) groups is 2. The summed E-state index contributed by atoms with van der Waals surface area (Å²) in [6.45, 7) is 0.000370. The van der Waals surface area contributed by atoms with Crippen molar-refractivity contribution in [3.63, 3.8) is 0 Å². The van der Waals surface area contributed by atoms with Gasteiger partial charge in [0.25, 0.3) is 0 Å². The lowest BCUT2D eigenvalue weighted by Crippen LogP contribution is -2.68.